The molecule has 1 aromatic carbocycles. The summed E-state index contributed by atoms with van der Waals surface area (Å²) in [4.78, 5) is 13.4. The second-order valence-corrected chi connectivity index (χ2v) is 4.61. The number of benzene rings is 1. The molecule has 0 saturated carbocycles. The molecule has 2 N–H and O–H groups in total. The molecule has 2 rings (SSSR count). The van der Waals surface area contributed by atoms with E-state index in [1.807, 2.05) is 0 Å². The molecule has 4 nitrogen and oxygen atoms in total. The zero-order valence-corrected chi connectivity index (χ0v) is 10.4. The molecule has 0 spiro atoms. The molecular weight excluding hydrogens is 254 g/mol. The minimum Gasteiger partial charge on any atom is -0.435 e. The van der Waals surface area contributed by atoms with Gasteiger partial charge in [0.2, 0.25) is 5.91 Å². The Labute approximate surface area is 110 Å². The van der Waals surface area contributed by atoms with Crippen LogP contribution in [0.1, 0.15) is 12.0 Å². The number of hydrogen-bond acceptors (Lipinski definition) is 3. The fraction of sp³-hybridized carbons (Fsp3) is 0.462. The number of nitrogens with two attached hydrogens (primary N) is 1. The lowest BCUT2D eigenvalue weighted by Gasteiger charge is -2.17. The number of hydrogen-bond donors (Lipinski definition) is 1. The first-order valence-electron chi connectivity index (χ1n) is 6.10. The molecule has 1 fully saturated rings. The van der Waals surface area contributed by atoms with Crippen molar-refractivity contribution in [1.29, 1.82) is 0 Å². The molecule has 1 saturated heterocycles. The standard InChI is InChI=1S/C13H16F2N2O2/c14-13(15)19-11-3-1-2-9(4-11)7-17-8-10(6-16)5-12(17)18/h1-4,10,13H,5-8,16H2. The summed E-state index contributed by atoms with van der Waals surface area (Å²) in [6, 6.07) is 6.40. The highest BCUT2D eigenvalue weighted by Gasteiger charge is 2.28. The predicted octanol–water partition coefficient (Wildman–Crippen LogP) is 1.60. The third-order valence-electron chi connectivity index (χ3n) is 3.12. The van der Waals surface area contributed by atoms with E-state index in [2.05, 4.69) is 4.74 Å². The van der Waals surface area contributed by atoms with Crippen LogP contribution in [0.25, 0.3) is 0 Å². The molecule has 1 aromatic rings. The Morgan fingerprint density at radius 2 is 2.26 bits per heavy atom. The summed E-state index contributed by atoms with van der Waals surface area (Å²) in [5.41, 5.74) is 6.32. The van der Waals surface area contributed by atoms with Crippen molar-refractivity contribution in [2.45, 2.75) is 19.6 Å². The van der Waals surface area contributed by atoms with Crippen LogP contribution in [-0.2, 0) is 11.3 Å². The average Bonchev–Trinajstić information content (AvgIpc) is 2.70. The van der Waals surface area contributed by atoms with Gasteiger partial charge in [-0.3, -0.25) is 4.79 Å². The normalized spacial score (nSPS) is 19.3. The fourth-order valence-corrected chi connectivity index (χ4v) is 2.21. The van der Waals surface area contributed by atoms with Gasteiger partial charge < -0.3 is 15.4 Å². The van der Waals surface area contributed by atoms with Crippen LogP contribution in [0, 0.1) is 5.92 Å². The average molecular weight is 270 g/mol. The van der Waals surface area contributed by atoms with Gasteiger partial charge in [-0.15, -0.1) is 0 Å². The van der Waals surface area contributed by atoms with Gasteiger partial charge in [-0.1, -0.05) is 12.1 Å². The summed E-state index contributed by atoms with van der Waals surface area (Å²) in [6.07, 6.45) is 0.462. The molecule has 6 heteroatoms. The summed E-state index contributed by atoms with van der Waals surface area (Å²) in [6.45, 7) is -1.34. The van der Waals surface area contributed by atoms with Gasteiger partial charge in [-0.25, -0.2) is 0 Å². The van der Waals surface area contributed by atoms with E-state index in [0.717, 1.165) is 5.56 Å². The van der Waals surface area contributed by atoms with Crippen LogP contribution in [0.15, 0.2) is 24.3 Å². The summed E-state index contributed by atoms with van der Waals surface area (Å²) in [5.74, 6) is 0.346. The van der Waals surface area contributed by atoms with E-state index in [4.69, 9.17) is 5.73 Å². The number of carbonyl (C=O) groups is 1. The highest BCUT2D eigenvalue weighted by atomic mass is 19.3. The fourth-order valence-electron chi connectivity index (χ4n) is 2.21. The van der Waals surface area contributed by atoms with Crippen LogP contribution in [0.2, 0.25) is 0 Å². The molecule has 1 unspecified atom stereocenters. The molecule has 1 atom stereocenters. The van der Waals surface area contributed by atoms with E-state index < -0.39 is 6.61 Å². The largest absolute Gasteiger partial charge is 0.435 e. The Morgan fingerprint density at radius 3 is 2.89 bits per heavy atom. The van der Waals surface area contributed by atoms with Crippen molar-refractivity contribution < 1.29 is 18.3 Å². The smallest absolute Gasteiger partial charge is 0.387 e. The highest BCUT2D eigenvalue weighted by molar-refractivity contribution is 5.78. The van der Waals surface area contributed by atoms with Crippen LogP contribution in [0.4, 0.5) is 8.78 Å². The first-order chi connectivity index (χ1) is 9.08. The van der Waals surface area contributed by atoms with Crippen molar-refractivity contribution in [3.05, 3.63) is 29.8 Å². The molecule has 1 aliphatic heterocycles. The number of ether oxygens (including phenoxy) is 1. The molecule has 104 valence electrons. The van der Waals surface area contributed by atoms with Crippen molar-refractivity contribution in [2.75, 3.05) is 13.1 Å². The lowest BCUT2D eigenvalue weighted by molar-refractivity contribution is -0.128. The van der Waals surface area contributed by atoms with Crippen molar-refractivity contribution in [3.8, 4) is 5.75 Å². The van der Waals surface area contributed by atoms with Crippen molar-refractivity contribution in [3.63, 3.8) is 0 Å². The third-order valence-corrected chi connectivity index (χ3v) is 3.12. The number of alkyl halides is 2. The van der Waals surface area contributed by atoms with E-state index in [1.165, 1.54) is 12.1 Å². The minimum absolute atomic E-state index is 0.0515. The first-order valence-corrected chi connectivity index (χ1v) is 6.10. The number of amides is 1. The maximum atomic E-state index is 12.1. The van der Waals surface area contributed by atoms with Gasteiger partial charge in [0.25, 0.3) is 0 Å². The molecular formula is C13H16F2N2O2. The van der Waals surface area contributed by atoms with Crippen LogP contribution in [0.3, 0.4) is 0 Å². The number of likely N-dealkylation sites (tertiary alicyclic amines) is 1. The maximum Gasteiger partial charge on any atom is 0.387 e. The third kappa shape index (κ3) is 3.64. The Balaban J connectivity index is 2.01. The van der Waals surface area contributed by atoms with E-state index in [1.54, 1.807) is 17.0 Å². The number of nitrogens with zero attached hydrogens (tertiary/aromatic N) is 1. The molecule has 0 aliphatic carbocycles. The minimum atomic E-state index is -2.84. The van der Waals surface area contributed by atoms with Crippen LogP contribution >= 0.6 is 0 Å². The predicted molar refractivity (Wildman–Crippen MR) is 65.7 cm³/mol. The molecule has 19 heavy (non-hydrogen) atoms. The first kappa shape index (κ1) is 13.7. The van der Waals surface area contributed by atoms with Gasteiger partial charge in [-0.05, 0) is 30.2 Å². The topological polar surface area (TPSA) is 55.6 Å². The van der Waals surface area contributed by atoms with E-state index in [-0.39, 0.29) is 17.6 Å². The molecule has 0 radical (unpaired) electrons. The Hall–Kier alpha value is -1.69. The summed E-state index contributed by atoms with van der Waals surface area (Å²) in [5, 5.41) is 0. The zero-order chi connectivity index (χ0) is 13.8. The van der Waals surface area contributed by atoms with Gasteiger partial charge >= 0.3 is 6.61 Å². The van der Waals surface area contributed by atoms with Crippen molar-refractivity contribution in [2.24, 2.45) is 11.7 Å². The summed E-state index contributed by atoms with van der Waals surface area (Å²) in [7, 11) is 0. The van der Waals surface area contributed by atoms with Gasteiger partial charge in [0.1, 0.15) is 5.75 Å². The van der Waals surface area contributed by atoms with E-state index >= 15 is 0 Å². The molecule has 1 aliphatic rings. The highest BCUT2D eigenvalue weighted by Crippen LogP contribution is 2.21. The van der Waals surface area contributed by atoms with Gasteiger partial charge in [0.05, 0.1) is 0 Å². The van der Waals surface area contributed by atoms with Crippen LogP contribution in [0.5, 0.6) is 5.75 Å². The van der Waals surface area contributed by atoms with E-state index in [9.17, 15) is 13.6 Å². The van der Waals surface area contributed by atoms with Crippen LogP contribution in [-0.4, -0.2) is 30.5 Å². The quantitative estimate of drug-likeness (QED) is 0.884. The number of rotatable bonds is 5. The lowest BCUT2D eigenvalue weighted by atomic mass is 10.1. The zero-order valence-electron chi connectivity index (χ0n) is 10.4. The SMILES string of the molecule is NCC1CC(=O)N(Cc2cccc(OC(F)F)c2)C1. The Bertz CT molecular complexity index is 454. The maximum absolute atomic E-state index is 12.1. The summed E-state index contributed by atoms with van der Waals surface area (Å²) < 4.78 is 28.6. The molecule has 0 bridgehead atoms. The van der Waals surface area contributed by atoms with E-state index in [0.29, 0.717) is 26.1 Å². The Kier molecular flexibility index (Phi) is 4.31. The number of halogens is 2. The van der Waals surface area contributed by atoms with Gasteiger partial charge in [-0.2, -0.15) is 8.78 Å². The van der Waals surface area contributed by atoms with Crippen molar-refractivity contribution in [1.82, 2.24) is 4.90 Å². The van der Waals surface area contributed by atoms with Crippen LogP contribution < -0.4 is 10.5 Å². The lowest BCUT2D eigenvalue weighted by Crippen LogP contribution is -2.25. The second kappa shape index (κ2) is 5.97. The molecule has 1 heterocycles. The number of carbonyl (C=O) groups excluding carboxylic acids is 1. The molecule has 1 amide bonds. The van der Waals surface area contributed by atoms with Gasteiger partial charge in [0.15, 0.2) is 0 Å². The van der Waals surface area contributed by atoms with Gasteiger partial charge in [0, 0.05) is 19.5 Å². The monoisotopic (exact) mass is 270 g/mol. The Morgan fingerprint density at radius 1 is 1.47 bits per heavy atom. The molecule has 0 aromatic heterocycles. The summed E-state index contributed by atoms with van der Waals surface area (Å²) >= 11 is 0. The second-order valence-electron chi connectivity index (χ2n) is 4.61. The van der Waals surface area contributed by atoms with Crippen molar-refractivity contribution >= 4 is 5.91 Å².